The first-order valence-corrected chi connectivity index (χ1v) is 10.5. The van der Waals surface area contributed by atoms with Crippen LogP contribution in [0.2, 0.25) is 0 Å². The van der Waals surface area contributed by atoms with E-state index in [9.17, 15) is 9.59 Å². The molecule has 1 aromatic rings. The van der Waals surface area contributed by atoms with Gasteiger partial charge in [0, 0.05) is 32.5 Å². The van der Waals surface area contributed by atoms with Crippen LogP contribution in [0.5, 0.6) is 0 Å². The molecule has 3 heterocycles. The Morgan fingerprint density at radius 1 is 1.31 bits per heavy atom. The summed E-state index contributed by atoms with van der Waals surface area (Å²) in [4.78, 5) is 28.6. The van der Waals surface area contributed by atoms with Gasteiger partial charge in [-0.3, -0.25) is 14.5 Å². The Morgan fingerprint density at radius 2 is 2.17 bits per heavy atom. The molecule has 3 rings (SSSR count). The van der Waals surface area contributed by atoms with Crippen LogP contribution in [-0.2, 0) is 33.7 Å². The Hall–Kier alpha value is -2.48. The lowest BCUT2D eigenvalue weighted by Crippen LogP contribution is -2.26. The highest BCUT2D eigenvalue weighted by Crippen LogP contribution is 2.19. The topological polar surface area (TPSA) is 94.8 Å². The standard InChI is InChI=1S/C21H30N4O4/c1-2-17-19-18(7-5-12-28-13-6-9-23-20(19)26)25(24-17)11-3-4-14-29-21(27)16-8-10-22-15-16/h8,15H,2-7,9-14H2,1H3,(H,23,26). The van der Waals surface area contributed by atoms with E-state index in [1.807, 2.05) is 11.6 Å². The number of nitrogens with zero attached hydrogens (tertiary/aromatic N) is 3. The molecule has 0 spiro atoms. The Labute approximate surface area is 171 Å². The smallest absolute Gasteiger partial charge is 0.339 e. The quantitative estimate of drug-likeness (QED) is 0.555. The number of esters is 1. The lowest BCUT2D eigenvalue weighted by atomic mass is 10.1. The van der Waals surface area contributed by atoms with Gasteiger partial charge in [-0.25, -0.2) is 4.79 Å². The summed E-state index contributed by atoms with van der Waals surface area (Å²) >= 11 is 0. The number of aromatic nitrogens is 2. The summed E-state index contributed by atoms with van der Waals surface area (Å²) in [5.41, 5.74) is 3.08. The molecule has 1 aromatic heterocycles. The molecule has 0 bridgehead atoms. The van der Waals surface area contributed by atoms with Crippen LogP contribution in [0.3, 0.4) is 0 Å². The zero-order chi connectivity index (χ0) is 20.5. The van der Waals surface area contributed by atoms with Crippen molar-refractivity contribution in [2.45, 2.75) is 52.0 Å². The van der Waals surface area contributed by atoms with Crippen LogP contribution < -0.4 is 5.32 Å². The number of ether oxygens (including phenoxy) is 2. The molecule has 0 saturated heterocycles. The largest absolute Gasteiger partial charge is 0.462 e. The molecular formula is C21H30N4O4. The van der Waals surface area contributed by atoms with E-state index in [1.165, 1.54) is 0 Å². The van der Waals surface area contributed by atoms with E-state index in [0.717, 1.165) is 49.1 Å². The fraction of sp³-hybridized carbons (Fsp3) is 0.619. The fourth-order valence-electron chi connectivity index (χ4n) is 3.51. The number of fused-ring (bicyclic) bond motifs is 1. The van der Waals surface area contributed by atoms with Crippen molar-refractivity contribution in [1.29, 1.82) is 0 Å². The Balaban J connectivity index is 1.59. The fourth-order valence-corrected chi connectivity index (χ4v) is 3.51. The normalized spacial score (nSPS) is 17.3. The van der Waals surface area contributed by atoms with Gasteiger partial charge in [-0.1, -0.05) is 6.92 Å². The van der Waals surface area contributed by atoms with E-state index in [0.29, 0.717) is 51.4 Å². The van der Waals surface area contributed by atoms with Crippen molar-refractivity contribution in [3.8, 4) is 0 Å². The van der Waals surface area contributed by atoms with Crippen LogP contribution in [0.15, 0.2) is 16.6 Å². The van der Waals surface area contributed by atoms with Gasteiger partial charge in [0.05, 0.1) is 35.7 Å². The first-order valence-electron chi connectivity index (χ1n) is 10.5. The van der Waals surface area contributed by atoms with Gasteiger partial charge in [-0.2, -0.15) is 5.10 Å². The van der Waals surface area contributed by atoms with Gasteiger partial charge in [-0.05, 0) is 44.6 Å². The number of carbonyl (C=O) groups is 2. The minimum atomic E-state index is -0.316. The summed E-state index contributed by atoms with van der Waals surface area (Å²) in [5.74, 6) is -0.353. The van der Waals surface area contributed by atoms with Crippen molar-refractivity contribution in [3.05, 3.63) is 28.6 Å². The van der Waals surface area contributed by atoms with Crippen LogP contribution in [0.1, 0.15) is 54.4 Å². The molecular weight excluding hydrogens is 372 g/mol. The lowest BCUT2D eigenvalue weighted by molar-refractivity contribution is -0.138. The van der Waals surface area contributed by atoms with Gasteiger partial charge in [0.15, 0.2) is 0 Å². The number of hydrogen-bond donors (Lipinski definition) is 1. The van der Waals surface area contributed by atoms with E-state index >= 15 is 0 Å². The zero-order valence-electron chi connectivity index (χ0n) is 17.1. The second kappa shape index (κ2) is 10.9. The summed E-state index contributed by atoms with van der Waals surface area (Å²) in [7, 11) is 0. The number of hydrogen-bond acceptors (Lipinski definition) is 6. The number of nitrogens with one attached hydrogen (secondary N) is 1. The molecule has 2 aliphatic rings. The van der Waals surface area contributed by atoms with Crippen LogP contribution in [0.4, 0.5) is 0 Å². The molecule has 1 amide bonds. The predicted molar refractivity (Wildman–Crippen MR) is 109 cm³/mol. The van der Waals surface area contributed by atoms with E-state index in [2.05, 4.69) is 10.3 Å². The van der Waals surface area contributed by atoms with Crippen molar-refractivity contribution in [2.24, 2.45) is 4.99 Å². The summed E-state index contributed by atoms with van der Waals surface area (Å²) < 4.78 is 12.9. The average Bonchev–Trinajstić information content (AvgIpc) is 3.36. The third-order valence-corrected chi connectivity index (χ3v) is 5.03. The van der Waals surface area contributed by atoms with E-state index < -0.39 is 0 Å². The van der Waals surface area contributed by atoms with Gasteiger partial charge in [-0.15, -0.1) is 0 Å². The number of amides is 1. The SMILES string of the molecule is CCc1nn(CCCCOC(=O)C2=CCN=C2)c2c1C(=O)NCCCOCCC2. The number of aryl methyl sites for hydroxylation is 2. The molecule has 0 atom stereocenters. The van der Waals surface area contributed by atoms with Crippen LogP contribution >= 0.6 is 0 Å². The van der Waals surface area contributed by atoms with E-state index in [-0.39, 0.29) is 11.9 Å². The molecule has 0 aliphatic carbocycles. The predicted octanol–water partition coefficient (Wildman–Crippen LogP) is 1.86. The minimum Gasteiger partial charge on any atom is -0.462 e. The molecule has 0 radical (unpaired) electrons. The third kappa shape index (κ3) is 5.76. The summed E-state index contributed by atoms with van der Waals surface area (Å²) in [6.07, 6.45) is 8.03. The van der Waals surface area contributed by atoms with Crippen molar-refractivity contribution < 1.29 is 19.1 Å². The monoisotopic (exact) mass is 402 g/mol. The van der Waals surface area contributed by atoms with Crippen molar-refractivity contribution in [2.75, 3.05) is 32.9 Å². The molecule has 29 heavy (non-hydrogen) atoms. The van der Waals surface area contributed by atoms with Crippen LogP contribution in [-0.4, -0.2) is 60.8 Å². The van der Waals surface area contributed by atoms with Gasteiger partial charge >= 0.3 is 5.97 Å². The molecule has 1 N–H and O–H groups in total. The molecule has 0 aromatic carbocycles. The maximum absolute atomic E-state index is 12.7. The Kier molecular flexibility index (Phi) is 7.98. The molecule has 2 aliphatic heterocycles. The van der Waals surface area contributed by atoms with Gasteiger partial charge in [0.1, 0.15) is 0 Å². The summed E-state index contributed by atoms with van der Waals surface area (Å²) in [6.45, 7) is 5.60. The van der Waals surface area contributed by atoms with E-state index in [1.54, 1.807) is 12.3 Å². The lowest BCUT2D eigenvalue weighted by Gasteiger charge is -2.10. The van der Waals surface area contributed by atoms with Crippen molar-refractivity contribution in [3.63, 3.8) is 0 Å². The molecule has 0 unspecified atom stereocenters. The molecule has 0 fully saturated rings. The summed E-state index contributed by atoms with van der Waals surface area (Å²) in [5, 5.41) is 7.70. The van der Waals surface area contributed by atoms with Crippen molar-refractivity contribution >= 4 is 18.1 Å². The van der Waals surface area contributed by atoms with E-state index in [4.69, 9.17) is 14.6 Å². The highest BCUT2D eigenvalue weighted by atomic mass is 16.5. The molecule has 8 nitrogen and oxygen atoms in total. The maximum atomic E-state index is 12.7. The maximum Gasteiger partial charge on any atom is 0.339 e. The summed E-state index contributed by atoms with van der Waals surface area (Å²) in [6, 6.07) is 0. The highest BCUT2D eigenvalue weighted by molar-refractivity contribution is 6.10. The number of unbranched alkanes of at least 4 members (excludes halogenated alkanes) is 1. The third-order valence-electron chi connectivity index (χ3n) is 5.03. The second-order valence-electron chi connectivity index (χ2n) is 7.17. The first kappa shape index (κ1) is 21.2. The average molecular weight is 402 g/mol. The van der Waals surface area contributed by atoms with Crippen LogP contribution in [0, 0.1) is 0 Å². The van der Waals surface area contributed by atoms with Gasteiger partial charge in [0.2, 0.25) is 0 Å². The number of aliphatic imine (C=N–C) groups is 1. The Morgan fingerprint density at radius 3 is 2.97 bits per heavy atom. The molecule has 0 saturated carbocycles. The van der Waals surface area contributed by atoms with Gasteiger partial charge < -0.3 is 14.8 Å². The van der Waals surface area contributed by atoms with Crippen molar-refractivity contribution in [1.82, 2.24) is 15.1 Å². The molecule has 8 heteroatoms. The van der Waals surface area contributed by atoms with Crippen LogP contribution in [0.25, 0.3) is 0 Å². The molecule has 158 valence electrons. The zero-order valence-corrected chi connectivity index (χ0v) is 17.1. The number of rotatable bonds is 7. The first-order chi connectivity index (χ1) is 14.2. The second-order valence-corrected chi connectivity index (χ2v) is 7.17. The minimum absolute atomic E-state index is 0.0366. The Bertz CT molecular complexity index is 782. The van der Waals surface area contributed by atoms with Gasteiger partial charge in [0.25, 0.3) is 5.91 Å². The number of carbonyl (C=O) groups excluding carboxylic acids is 2. The highest BCUT2D eigenvalue weighted by Gasteiger charge is 2.22.